The molecular weight excluding hydrogens is 200 g/mol. The van der Waals surface area contributed by atoms with Crippen molar-refractivity contribution in [1.82, 2.24) is 5.32 Å². The monoisotopic (exact) mass is 218 g/mol. The van der Waals surface area contributed by atoms with Crippen molar-refractivity contribution in [3.05, 3.63) is 41.2 Å². The standard InChI is InChI=1S/C13H18N2O/c1-9-3-5-12(7-10(9)2)16-8-11-4-6-13(14)15-11/h3,5-7,11,15H,4,8,14H2,1-2H3. The molecule has 0 aromatic heterocycles. The minimum atomic E-state index is 0.307. The molecule has 1 unspecified atom stereocenters. The lowest BCUT2D eigenvalue weighted by Crippen LogP contribution is -2.31. The van der Waals surface area contributed by atoms with Gasteiger partial charge in [0, 0.05) is 0 Å². The first-order chi connectivity index (χ1) is 7.65. The molecular formula is C13H18N2O. The van der Waals surface area contributed by atoms with Gasteiger partial charge in [-0.2, -0.15) is 0 Å². The predicted molar refractivity (Wildman–Crippen MR) is 65.2 cm³/mol. The Hall–Kier alpha value is -1.64. The van der Waals surface area contributed by atoms with Gasteiger partial charge in [0.15, 0.2) is 0 Å². The summed E-state index contributed by atoms with van der Waals surface area (Å²) in [6, 6.07) is 6.47. The van der Waals surface area contributed by atoms with E-state index in [1.807, 2.05) is 12.1 Å². The van der Waals surface area contributed by atoms with Crippen LogP contribution >= 0.6 is 0 Å². The molecule has 2 rings (SSSR count). The van der Waals surface area contributed by atoms with Crippen molar-refractivity contribution < 1.29 is 4.74 Å². The first-order valence-electron chi connectivity index (χ1n) is 5.57. The fraction of sp³-hybridized carbons (Fsp3) is 0.385. The van der Waals surface area contributed by atoms with Crippen LogP contribution in [0.3, 0.4) is 0 Å². The molecule has 1 atom stereocenters. The number of nitrogens with two attached hydrogens (primary N) is 1. The summed E-state index contributed by atoms with van der Waals surface area (Å²) in [5, 5.41) is 3.16. The predicted octanol–water partition coefficient (Wildman–Crippen LogP) is 1.84. The fourth-order valence-electron chi connectivity index (χ4n) is 1.73. The highest BCUT2D eigenvalue weighted by atomic mass is 16.5. The molecule has 0 bridgehead atoms. The Morgan fingerprint density at radius 2 is 2.19 bits per heavy atom. The van der Waals surface area contributed by atoms with Crippen LogP contribution in [0.4, 0.5) is 0 Å². The van der Waals surface area contributed by atoms with Gasteiger partial charge in [0.1, 0.15) is 12.4 Å². The van der Waals surface area contributed by atoms with E-state index in [-0.39, 0.29) is 0 Å². The summed E-state index contributed by atoms with van der Waals surface area (Å²) in [7, 11) is 0. The lowest BCUT2D eigenvalue weighted by molar-refractivity contribution is 0.278. The summed E-state index contributed by atoms with van der Waals surface area (Å²) < 4.78 is 5.72. The van der Waals surface area contributed by atoms with Gasteiger partial charge in [-0.05, 0) is 49.6 Å². The van der Waals surface area contributed by atoms with E-state index in [1.54, 1.807) is 0 Å². The Kier molecular flexibility index (Phi) is 3.04. The van der Waals surface area contributed by atoms with Crippen LogP contribution in [0, 0.1) is 13.8 Å². The third-order valence-electron chi connectivity index (χ3n) is 2.92. The van der Waals surface area contributed by atoms with Crippen LogP contribution in [-0.4, -0.2) is 12.6 Å². The van der Waals surface area contributed by atoms with Gasteiger partial charge in [0.05, 0.1) is 11.9 Å². The van der Waals surface area contributed by atoms with E-state index in [2.05, 4.69) is 31.3 Å². The Morgan fingerprint density at radius 3 is 2.81 bits per heavy atom. The van der Waals surface area contributed by atoms with Gasteiger partial charge in [-0.25, -0.2) is 0 Å². The number of nitrogens with one attached hydrogen (secondary N) is 1. The molecule has 0 spiro atoms. The molecule has 86 valence electrons. The van der Waals surface area contributed by atoms with Crippen LogP contribution < -0.4 is 15.8 Å². The molecule has 3 N–H and O–H groups in total. The zero-order valence-electron chi connectivity index (χ0n) is 9.79. The number of hydrogen-bond acceptors (Lipinski definition) is 3. The molecule has 0 aliphatic carbocycles. The Morgan fingerprint density at radius 1 is 1.38 bits per heavy atom. The number of aryl methyl sites for hydroxylation is 2. The van der Waals surface area contributed by atoms with Crippen molar-refractivity contribution in [2.45, 2.75) is 26.3 Å². The van der Waals surface area contributed by atoms with Gasteiger partial charge in [-0.15, -0.1) is 0 Å². The summed E-state index contributed by atoms with van der Waals surface area (Å²) >= 11 is 0. The highest BCUT2D eigenvalue weighted by Gasteiger charge is 2.14. The average molecular weight is 218 g/mol. The minimum Gasteiger partial charge on any atom is -0.491 e. The highest BCUT2D eigenvalue weighted by Crippen LogP contribution is 2.17. The van der Waals surface area contributed by atoms with Crippen LogP contribution in [0.2, 0.25) is 0 Å². The second kappa shape index (κ2) is 4.47. The quantitative estimate of drug-likeness (QED) is 0.814. The summed E-state index contributed by atoms with van der Waals surface area (Å²) in [5.74, 6) is 1.68. The van der Waals surface area contributed by atoms with Crippen LogP contribution in [0.1, 0.15) is 17.5 Å². The molecule has 1 heterocycles. The summed E-state index contributed by atoms with van der Waals surface area (Å²) in [6.07, 6.45) is 2.94. The third kappa shape index (κ3) is 2.48. The molecule has 0 amide bonds. The van der Waals surface area contributed by atoms with Gasteiger partial charge in [-0.1, -0.05) is 6.07 Å². The maximum absolute atomic E-state index is 5.72. The lowest BCUT2D eigenvalue weighted by atomic mass is 10.1. The van der Waals surface area contributed by atoms with Crippen LogP contribution in [-0.2, 0) is 0 Å². The van der Waals surface area contributed by atoms with E-state index < -0.39 is 0 Å². The van der Waals surface area contributed by atoms with Crippen molar-refractivity contribution in [2.24, 2.45) is 5.73 Å². The SMILES string of the molecule is Cc1ccc(OCC2CC=C(N)N2)cc1C. The number of ether oxygens (including phenoxy) is 1. The van der Waals surface area contributed by atoms with Gasteiger partial charge in [0.2, 0.25) is 0 Å². The first-order valence-corrected chi connectivity index (χ1v) is 5.57. The van der Waals surface area contributed by atoms with E-state index in [0.717, 1.165) is 18.0 Å². The second-order valence-corrected chi connectivity index (χ2v) is 4.29. The molecule has 1 aliphatic heterocycles. The third-order valence-corrected chi connectivity index (χ3v) is 2.92. The lowest BCUT2D eigenvalue weighted by Gasteiger charge is -2.14. The molecule has 3 nitrogen and oxygen atoms in total. The largest absolute Gasteiger partial charge is 0.491 e. The molecule has 3 heteroatoms. The second-order valence-electron chi connectivity index (χ2n) is 4.29. The molecule has 0 fully saturated rings. The zero-order chi connectivity index (χ0) is 11.5. The summed E-state index contributed by atoms with van der Waals surface area (Å²) in [6.45, 7) is 4.84. The van der Waals surface area contributed by atoms with Crippen molar-refractivity contribution in [2.75, 3.05) is 6.61 Å². The first kappa shape index (κ1) is 10.9. The van der Waals surface area contributed by atoms with Gasteiger partial charge in [-0.3, -0.25) is 0 Å². The smallest absolute Gasteiger partial charge is 0.119 e. The van der Waals surface area contributed by atoms with E-state index in [9.17, 15) is 0 Å². The molecule has 16 heavy (non-hydrogen) atoms. The van der Waals surface area contributed by atoms with Gasteiger partial charge < -0.3 is 15.8 Å². The van der Waals surface area contributed by atoms with Crippen LogP contribution in [0.15, 0.2) is 30.1 Å². The normalized spacial score (nSPS) is 19.1. The van der Waals surface area contributed by atoms with Crippen molar-refractivity contribution in [1.29, 1.82) is 0 Å². The topological polar surface area (TPSA) is 47.3 Å². The van der Waals surface area contributed by atoms with Gasteiger partial charge >= 0.3 is 0 Å². The number of benzene rings is 1. The van der Waals surface area contributed by atoms with Crippen molar-refractivity contribution in [3.8, 4) is 5.75 Å². The van der Waals surface area contributed by atoms with E-state index in [1.165, 1.54) is 11.1 Å². The maximum atomic E-state index is 5.72. The maximum Gasteiger partial charge on any atom is 0.119 e. The van der Waals surface area contributed by atoms with Crippen LogP contribution in [0.25, 0.3) is 0 Å². The fourth-order valence-corrected chi connectivity index (χ4v) is 1.73. The highest BCUT2D eigenvalue weighted by molar-refractivity contribution is 5.33. The molecule has 0 radical (unpaired) electrons. The summed E-state index contributed by atoms with van der Waals surface area (Å²) in [4.78, 5) is 0. The van der Waals surface area contributed by atoms with Gasteiger partial charge in [0.25, 0.3) is 0 Å². The number of rotatable bonds is 3. The van der Waals surface area contributed by atoms with E-state index in [0.29, 0.717) is 12.6 Å². The van der Waals surface area contributed by atoms with Crippen LogP contribution in [0.5, 0.6) is 5.75 Å². The number of hydrogen-bond donors (Lipinski definition) is 2. The van der Waals surface area contributed by atoms with E-state index in [4.69, 9.17) is 10.5 Å². The molecule has 1 aromatic rings. The average Bonchev–Trinajstić information content (AvgIpc) is 2.66. The van der Waals surface area contributed by atoms with E-state index >= 15 is 0 Å². The molecule has 0 saturated heterocycles. The molecule has 1 aromatic carbocycles. The molecule has 1 aliphatic rings. The summed E-state index contributed by atoms with van der Waals surface area (Å²) in [5.41, 5.74) is 8.18. The Labute approximate surface area is 96.3 Å². The Balaban J connectivity index is 1.88. The zero-order valence-corrected chi connectivity index (χ0v) is 9.79. The molecule has 0 saturated carbocycles. The minimum absolute atomic E-state index is 0.307. The van der Waals surface area contributed by atoms with Crippen molar-refractivity contribution >= 4 is 0 Å². The van der Waals surface area contributed by atoms with Crippen molar-refractivity contribution in [3.63, 3.8) is 0 Å². The Bertz CT molecular complexity index is 412.